The van der Waals surface area contributed by atoms with Gasteiger partial charge in [-0.3, -0.25) is 0 Å². The summed E-state index contributed by atoms with van der Waals surface area (Å²) in [6.45, 7) is 6.77. The number of rotatable bonds is 1. The summed E-state index contributed by atoms with van der Waals surface area (Å²) < 4.78 is 11.7. The van der Waals surface area contributed by atoms with Gasteiger partial charge in [-0.15, -0.1) is 0 Å². The maximum absolute atomic E-state index is 11.6. The molecule has 1 heterocycles. The van der Waals surface area contributed by atoms with Crippen molar-refractivity contribution in [3.63, 3.8) is 0 Å². The predicted octanol–water partition coefficient (Wildman–Crippen LogP) is 1.36. The van der Waals surface area contributed by atoms with E-state index in [0.29, 0.717) is 19.6 Å². The molecule has 5 heteroatoms. The first-order valence-electron chi connectivity index (χ1n) is 8.28. The largest absolute Gasteiger partial charge is 0.392 e. The zero-order valence-corrected chi connectivity index (χ0v) is 13.8. The number of ether oxygens (including phenoxy) is 2. The summed E-state index contributed by atoms with van der Waals surface area (Å²) in [6, 6.07) is 0. The van der Waals surface area contributed by atoms with Crippen LogP contribution in [0.5, 0.6) is 0 Å². The Hall–Kier alpha value is -0.460. The lowest BCUT2D eigenvalue weighted by atomic mass is 9.50. The fourth-order valence-electron chi connectivity index (χ4n) is 4.84. The molecule has 3 aliphatic rings. The van der Waals surface area contributed by atoms with Crippen LogP contribution in [0.3, 0.4) is 0 Å². The molecule has 1 spiro atoms. The SMILES string of the molecule is C/C(CO)=C1\CC[C@@]2(C)CCC3(OCCO3)[C@H](C)[C@]2(O)[C@H]1O. The molecule has 0 aromatic heterocycles. The number of aliphatic hydroxyl groups is 3. The molecule has 0 unspecified atom stereocenters. The molecule has 1 saturated heterocycles. The van der Waals surface area contributed by atoms with Crippen LogP contribution in [0.2, 0.25) is 0 Å². The molecule has 0 radical (unpaired) electrons. The Balaban J connectivity index is 2.04. The van der Waals surface area contributed by atoms with E-state index in [1.807, 2.05) is 13.8 Å². The van der Waals surface area contributed by atoms with Crippen LogP contribution >= 0.6 is 0 Å². The molecule has 1 aliphatic heterocycles. The Bertz CT molecular complexity index is 481. The smallest absolute Gasteiger partial charge is 0.173 e. The van der Waals surface area contributed by atoms with Crippen LogP contribution in [0.15, 0.2) is 11.1 Å². The van der Waals surface area contributed by atoms with Crippen LogP contribution in [0.25, 0.3) is 0 Å². The highest BCUT2D eigenvalue weighted by Gasteiger charge is 2.67. The molecular weight excluding hydrogens is 284 g/mol. The first-order valence-corrected chi connectivity index (χ1v) is 8.28. The van der Waals surface area contributed by atoms with E-state index >= 15 is 0 Å². The molecule has 0 bridgehead atoms. The van der Waals surface area contributed by atoms with E-state index in [-0.39, 0.29) is 17.9 Å². The van der Waals surface area contributed by atoms with E-state index in [1.54, 1.807) is 0 Å². The van der Waals surface area contributed by atoms with Gasteiger partial charge in [0.05, 0.1) is 19.8 Å². The van der Waals surface area contributed by atoms with E-state index in [1.165, 1.54) is 0 Å². The van der Waals surface area contributed by atoms with Crippen molar-refractivity contribution in [3.8, 4) is 0 Å². The van der Waals surface area contributed by atoms with Gasteiger partial charge in [0.2, 0.25) is 0 Å². The fourth-order valence-corrected chi connectivity index (χ4v) is 4.84. The molecule has 0 aromatic carbocycles. The van der Waals surface area contributed by atoms with E-state index < -0.39 is 17.5 Å². The summed E-state index contributed by atoms with van der Waals surface area (Å²) >= 11 is 0. The van der Waals surface area contributed by atoms with Gasteiger partial charge in [0.15, 0.2) is 5.79 Å². The summed E-state index contributed by atoms with van der Waals surface area (Å²) in [4.78, 5) is 0. The maximum atomic E-state index is 11.6. The topological polar surface area (TPSA) is 79.2 Å². The summed E-state index contributed by atoms with van der Waals surface area (Å²) in [7, 11) is 0. The highest BCUT2D eigenvalue weighted by molar-refractivity contribution is 5.29. The van der Waals surface area contributed by atoms with Crippen LogP contribution in [-0.2, 0) is 9.47 Å². The van der Waals surface area contributed by atoms with Crippen molar-refractivity contribution in [2.24, 2.45) is 11.3 Å². The minimum absolute atomic E-state index is 0.0916. The van der Waals surface area contributed by atoms with Crippen molar-refractivity contribution in [3.05, 3.63) is 11.1 Å². The average molecular weight is 312 g/mol. The van der Waals surface area contributed by atoms with Crippen LogP contribution in [0, 0.1) is 11.3 Å². The van der Waals surface area contributed by atoms with E-state index in [4.69, 9.17) is 9.47 Å². The molecule has 4 atom stereocenters. The van der Waals surface area contributed by atoms with Crippen LogP contribution < -0.4 is 0 Å². The molecule has 3 fully saturated rings. The van der Waals surface area contributed by atoms with Gasteiger partial charge in [0, 0.05) is 17.8 Å². The average Bonchev–Trinajstić information content (AvgIpc) is 2.98. The second-order valence-corrected chi connectivity index (χ2v) is 7.48. The summed E-state index contributed by atoms with van der Waals surface area (Å²) in [5.74, 6) is -1.12. The monoisotopic (exact) mass is 312 g/mol. The molecule has 2 aliphatic carbocycles. The standard InChI is InChI=1S/C17H28O5/c1-11(10-18)13-4-5-15(3)6-7-16(21-8-9-22-16)12(2)17(15,20)14(13)19/h12,14,18-20H,4-10H2,1-3H3/b13-11-/t12-,14-,15-,17-/m0/s1. The zero-order valence-electron chi connectivity index (χ0n) is 13.8. The number of aliphatic hydroxyl groups excluding tert-OH is 2. The second-order valence-electron chi connectivity index (χ2n) is 7.48. The maximum Gasteiger partial charge on any atom is 0.173 e. The first kappa shape index (κ1) is 16.4. The minimum Gasteiger partial charge on any atom is -0.392 e. The second kappa shape index (κ2) is 5.28. The van der Waals surface area contributed by atoms with Crippen LogP contribution in [-0.4, -0.2) is 52.6 Å². The Morgan fingerprint density at radius 3 is 2.45 bits per heavy atom. The lowest BCUT2D eigenvalue weighted by Gasteiger charge is -2.61. The van der Waals surface area contributed by atoms with Gasteiger partial charge in [-0.2, -0.15) is 0 Å². The Kier molecular flexibility index (Phi) is 3.94. The molecule has 3 rings (SSSR count). The van der Waals surface area contributed by atoms with Gasteiger partial charge in [0.1, 0.15) is 11.7 Å². The quantitative estimate of drug-likeness (QED) is 0.637. The fraction of sp³-hybridized carbons (Fsp3) is 0.882. The molecule has 0 aromatic rings. The third-order valence-corrected chi connectivity index (χ3v) is 6.57. The van der Waals surface area contributed by atoms with Gasteiger partial charge in [-0.25, -0.2) is 0 Å². The van der Waals surface area contributed by atoms with Crippen molar-refractivity contribution in [2.75, 3.05) is 19.8 Å². The summed E-state index contributed by atoms with van der Waals surface area (Å²) in [5, 5.41) is 32.0. The van der Waals surface area contributed by atoms with Gasteiger partial charge >= 0.3 is 0 Å². The molecule has 5 nitrogen and oxygen atoms in total. The van der Waals surface area contributed by atoms with Crippen LogP contribution in [0.1, 0.15) is 46.5 Å². The first-order chi connectivity index (χ1) is 10.3. The molecule has 126 valence electrons. The summed E-state index contributed by atoms with van der Waals surface area (Å²) in [5.41, 5.74) is -0.155. The van der Waals surface area contributed by atoms with Crippen molar-refractivity contribution < 1.29 is 24.8 Å². The van der Waals surface area contributed by atoms with E-state index in [9.17, 15) is 15.3 Å². The van der Waals surface area contributed by atoms with Crippen molar-refractivity contribution in [1.29, 1.82) is 0 Å². The molecular formula is C17H28O5. The predicted molar refractivity (Wildman–Crippen MR) is 81.1 cm³/mol. The Labute approximate surface area is 131 Å². The van der Waals surface area contributed by atoms with Gasteiger partial charge in [-0.1, -0.05) is 13.8 Å². The highest BCUT2D eigenvalue weighted by Crippen LogP contribution is 2.60. The Morgan fingerprint density at radius 2 is 1.86 bits per heavy atom. The third kappa shape index (κ3) is 1.96. The van der Waals surface area contributed by atoms with Crippen molar-refractivity contribution >= 4 is 0 Å². The van der Waals surface area contributed by atoms with Crippen molar-refractivity contribution in [1.82, 2.24) is 0 Å². The summed E-state index contributed by atoms with van der Waals surface area (Å²) in [6.07, 6.45) is 2.04. The number of fused-ring (bicyclic) bond motifs is 1. The van der Waals surface area contributed by atoms with Gasteiger partial charge in [-0.05, 0) is 37.3 Å². The molecule has 2 saturated carbocycles. The third-order valence-electron chi connectivity index (χ3n) is 6.57. The zero-order chi connectivity index (χ0) is 16.2. The molecule has 0 amide bonds. The highest BCUT2D eigenvalue weighted by atomic mass is 16.7. The minimum atomic E-state index is -1.31. The van der Waals surface area contributed by atoms with E-state index in [2.05, 4.69) is 6.92 Å². The van der Waals surface area contributed by atoms with Gasteiger partial charge in [0.25, 0.3) is 0 Å². The van der Waals surface area contributed by atoms with E-state index in [0.717, 1.165) is 30.4 Å². The normalized spacial score (nSPS) is 46.6. The number of hydrogen-bond acceptors (Lipinski definition) is 5. The lowest BCUT2D eigenvalue weighted by Crippen LogP contribution is -2.70. The lowest BCUT2D eigenvalue weighted by molar-refractivity contribution is -0.314. The molecule has 22 heavy (non-hydrogen) atoms. The van der Waals surface area contributed by atoms with Gasteiger partial charge < -0.3 is 24.8 Å². The number of hydrogen-bond donors (Lipinski definition) is 3. The Morgan fingerprint density at radius 1 is 1.23 bits per heavy atom. The van der Waals surface area contributed by atoms with Crippen molar-refractivity contribution in [2.45, 2.75) is 63.9 Å². The molecule has 3 N–H and O–H groups in total. The van der Waals surface area contributed by atoms with Crippen LogP contribution in [0.4, 0.5) is 0 Å².